The summed E-state index contributed by atoms with van der Waals surface area (Å²) in [6, 6.07) is 0. The molecule has 1 aromatic rings. The van der Waals surface area contributed by atoms with Crippen molar-refractivity contribution in [1.82, 2.24) is 9.97 Å². The van der Waals surface area contributed by atoms with Crippen molar-refractivity contribution in [1.29, 1.82) is 0 Å². The number of nitrogens with two attached hydrogens (primary N) is 1. The van der Waals surface area contributed by atoms with Crippen molar-refractivity contribution in [2.24, 2.45) is 5.16 Å². The molecule has 0 bridgehead atoms. The molecule has 1 aromatic heterocycles. The van der Waals surface area contributed by atoms with Crippen molar-refractivity contribution in [3.63, 3.8) is 0 Å². The van der Waals surface area contributed by atoms with Crippen LogP contribution in [0.1, 0.15) is 5.69 Å². The molecule has 1 heterocycles. The van der Waals surface area contributed by atoms with Crippen LogP contribution in [0.2, 0.25) is 10.3 Å². The summed E-state index contributed by atoms with van der Waals surface area (Å²) < 4.78 is 0. The minimum Gasteiger partial charge on any atom is -0.411 e. The maximum atomic E-state index is 8.17. The molecule has 0 spiro atoms. The second-order valence-electron chi connectivity index (χ2n) is 1.82. The van der Waals surface area contributed by atoms with E-state index in [1.807, 2.05) is 0 Å². The Balaban J connectivity index is 3.23. The van der Waals surface area contributed by atoms with Gasteiger partial charge in [-0.25, -0.2) is 9.97 Å². The van der Waals surface area contributed by atoms with Crippen molar-refractivity contribution < 1.29 is 5.21 Å². The molecule has 12 heavy (non-hydrogen) atoms. The third-order valence-electron chi connectivity index (χ3n) is 1.05. The van der Waals surface area contributed by atoms with Crippen LogP contribution in [0.4, 0.5) is 5.82 Å². The summed E-state index contributed by atoms with van der Waals surface area (Å²) in [6.45, 7) is 0. The molecule has 0 aliphatic carbocycles. The molecular formula is C5H4Cl2N4O. The first-order chi connectivity index (χ1) is 5.65. The fraction of sp³-hybridized carbons (Fsp3) is 0. The first-order valence-corrected chi connectivity index (χ1v) is 3.56. The van der Waals surface area contributed by atoms with Gasteiger partial charge in [0, 0.05) is 0 Å². The van der Waals surface area contributed by atoms with E-state index < -0.39 is 0 Å². The van der Waals surface area contributed by atoms with Gasteiger partial charge in [0.05, 0.1) is 6.21 Å². The second-order valence-corrected chi connectivity index (χ2v) is 2.54. The Hall–Kier alpha value is -1.07. The molecule has 0 aromatic carbocycles. The lowest BCUT2D eigenvalue weighted by Crippen LogP contribution is -2.01. The molecule has 0 atom stereocenters. The number of hydrogen-bond donors (Lipinski definition) is 2. The van der Waals surface area contributed by atoms with E-state index in [9.17, 15) is 0 Å². The summed E-state index contributed by atoms with van der Waals surface area (Å²) in [6.07, 6.45) is 1.02. The molecule has 0 radical (unpaired) electrons. The first kappa shape index (κ1) is 9.02. The molecule has 5 nitrogen and oxygen atoms in total. The predicted molar refractivity (Wildman–Crippen MR) is 45.8 cm³/mol. The molecule has 3 N–H and O–H groups in total. The van der Waals surface area contributed by atoms with Gasteiger partial charge in [0.15, 0.2) is 16.1 Å². The van der Waals surface area contributed by atoms with Crippen molar-refractivity contribution in [3.8, 4) is 0 Å². The van der Waals surface area contributed by atoms with Gasteiger partial charge in [-0.15, -0.1) is 0 Å². The van der Waals surface area contributed by atoms with Crippen molar-refractivity contribution in [2.75, 3.05) is 5.73 Å². The monoisotopic (exact) mass is 206 g/mol. The molecule has 0 saturated carbocycles. The van der Waals surface area contributed by atoms with Crippen molar-refractivity contribution in [3.05, 3.63) is 16.0 Å². The zero-order chi connectivity index (χ0) is 9.14. The highest BCUT2D eigenvalue weighted by atomic mass is 35.5. The molecule has 1 rings (SSSR count). The quantitative estimate of drug-likeness (QED) is 0.411. The normalized spacial score (nSPS) is 10.8. The average molecular weight is 207 g/mol. The van der Waals surface area contributed by atoms with E-state index in [0.717, 1.165) is 6.21 Å². The standard InChI is InChI=1S/C5H4Cl2N4O/c6-3-4(7)11-5(8)2(10-3)1-9-12/h1,12H,(H2,8,11). The molecule has 64 valence electrons. The predicted octanol–water partition coefficient (Wildman–Crippen LogP) is 1.17. The summed E-state index contributed by atoms with van der Waals surface area (Å²) in [5, 5.41) is 10.9. The van der Waals surface area contributed by atoms with Crippen LogP contribution in [0.5, 0.6) is 0 Å². The number of hydrogen-bond acceptors (Lipinski definition) is 5. The minimum atomic E-state index is 0.0146. The minimum absolute atomic E-state index is 0.0146. The summed E-state index contributed by atoms with van der Waals surface area (Å²) in [4.78, 5) is 7.34. The summed E-state index contributed by atoms with van der Waals surface area (Å²) in [5.41, 5.74) is 5.53. The fourth-order valence-corrected chi connectivity index (χ4v) is 0.835. The van der Waals surface area contributed by atoms with Crippen LogP contribution in [0.25, 0.3) is 0 Å². The Labute approximate surface area is 77.8 Å². The Kier molecular flexibility index (Phi) is 2.67. The topological polar surface area (TPSA) is 84.4 Å². The van der Waals surface area contributed by atoms with Crippen LogP contribution >= 0.6 is 23.2 Å². The Morgan fingerprint density at radius 1 is 1.33 bits per heavy atom. The number of rotatable bonds is 1. The zero-order valence-corrected chi connectivity index (χ0v) is 7.21. The highest BCUT2D eigenvalue weighted by Crippen LogP contribution is 2.18. The largest absolute Gasteiger partial charge is 0.411 e. The molecule has 0 unspecified atom stereocenters. The van der Waals surface area contributed by atoms with Gasteiger partial charge >= 0.3 is 0 Å². The number of nitrogen functional groups attached to an aromatic ring is 1. The number of anilines is 1. The number of halogens is 2. The van der Waals surface area contributed by atoms with E-state index >= 15 is 0 Å². The highest BCUT2D eigenvalue weighted by Gasteiger charge is 2.06. The number of nitrogens with zero attached hydrogens (tertiary/aromatic N) is 3. The van der Waals surface area contributed by atoms with Crippen LogP contribution in [0, 0.1) is 0 Å². The van der Waals surface area contributed by atoms with Crippen molar-refractivity contribution >= 4 is 35.2 Å². The van der Waals surface area contributed by atoms with Gasteiger partial charge in [0.1, 0.15) is 5.69 Å². The highest BCUT2D eigenvalue weighted by molar-refractivity contribution is 6.40. The van der Waals surface area contributed by atoms with Gasteiger partial charge < -0.3 is 10.9 Å². The van der Waals surface area contributed by atoms with E-state index in [4.69, 9.17) is 34.1 Å². The summed E-state index contributed by atoms with van der Waals surface area (Å²) in [5.74, 6) is 0.0576. The van der Waals surface area contributed by atoms with E-state index in [0.29, 0.717) is 0 Å². The lowest BCUT2D eigenvalue weighted by atomic mass is 10.4. The van der Waals surface area contributed by atoms with Crippen LogP contribution in [0.3, 0.4) is 0 Å². The van der Waals surface area contributed by atoms with Gasteiger partial charge in [0.2, 0.25) is 0 Å². The third kappa shape index (κ3) is 1.75. The molecule has 0 fully saturated rings. The smallest absolute Gasteiger partial charge is 0.168 e. The third-order valence-corrected chi connectivity index (χ3v) is 1.67. The summed E-state index contributed by atoms with van der Waals surface area (Å²) >= 11 is 11.0. The molecule has 0 saturated heterocycles. The first-order valence-electron chi connectivity index (χ1n) is 2.81. The fourth-order valence-electron chi connectivity index (χ4n) is 0.568. The van der Waals surface area contributed by atoms with E-state index in [-0.39, 0.29) is 21.8 Å². The lowest BCUT2D eigenvalue weighted by molar-refractivity contribution is 0.321. The van der Waals surface area contributed by atoms with E-state index in [1.54, 1.807) is 0 Å². The van der Waals surface area contributed by atoms with Crippen LogP contribution < -0.4 is 5.73 Å². The average Bonchev–Trinajstić information content (AvgIpc) is 2.01. The van der Waals surface area contributed by atoms with E-state index in [2.05, 4.69) is 15.1 Å². The van der Waals surface area contributed by atoms with Gasteiger partial charge in [-0.1, -0.05) is 28.4 Å². The molecular weight excluding hydrogens is 203 g/mol. The number of aromatic nitrogens is 2. The molecule has 0 aliphatic heterocycles. The maximum Gasteiger partial charge on any atom is 0.168 e. The van der Waals surface area contributed by atoms with E-state index in [1.165, 1.54) is 0 Å². The molecule has 0 amide bonds. The Morgan fingerprint density at radius 3 is 2.50 bits per heavy atom. The van der Waals surface area contributed by atoms with Crippen LogP contribution in [-0.4, -0.2) is 21.4 Å². The van der Waals surface area contributed by atoms with Crippen LogP contribution in [0.15, 0.2) is 5.16 Å². The zero-order valence-electron chi connectivity index (χ0n) is 5.70. The maximum absolute atomic E-state index is 8.17. The summed E-state index contributed by atoms with van der Waals surface area (Å²) in [7, 11) is 0. The Morgan fingerprint density at radius 2 is 1.92 bits per heavy atom. The van der Waals surface area contributed by atoms with Gasteiger partial charge in [-0.3, -0.25) is 0 Å². The Bertz CT molecular complexity index is 327. The van der Waals surface area contributed by atoms with Gasteiger partial charge in [-0.05, 0) is 0 Å². The SMILES string of the molecule is Nc1nc(Cl)c(Cl)nc1C=NO. The van der Waals surface area contributed by atoms with Gasteiger partial charge in [-0.2, -0.15) is 0 Å². The molecule has 0 aliphatic rings. The molecule has 7 heteroatoms. The van der Waals surface area contributed by atoms with Crippen LogP contribution in [-0.2, 0) is 0 Å². The van der Waals surface area contributed by atoms with Gasteiger partial charge in [0.25, 0.3) is 0 Å². The number of oxime groups is 1. The second kappa shape index (κ2) is 3.55. The van der Waals surface area contributed by atoms with Crippen molar-refractivity contribution in [2.45, 2.75) is 0 Å². The lowest BCUT2D eigenvalue weighted by Gasteiger charge is -1.98.